The van der Waals surface area contributed by atoms with Crippen molar-refractivity contribution in [2.75, 3.05) is 0 Å². The smallest absolute Gasteiger partial charge is 0.403 e. The van der Waals surface area contributed by atoms with Gasteiger partial charge in [-0.05, 0) is 19.1 Å². The molecule has 14 heavy (non-hydrogen) atoms. The van der Waals surface area contributed by atoms with Crippen molar-refractivity contribution in [2.24, 2.45) is 0 Å². The number of hydrogen-bond acceptors (Lipinski definition) is 1. The first-order chi connectivity index (χ1) is 6.22. The minimum atomic E-state index is -4.90. The van der Waals surface area contributed by atoms with Gasteiger partial charge in [0.1, 0.15) is 5.83 Å². The minimum absolute atomic E-state index is 0.307. The maximum atomic E-state index is 12.5. The lowest BCUT2D eigenvalue weighted by Crippen LogP contribution is -2.12. The standard InChI is InChI=1S/C8H7BrF4O/c1-5(9)3-4-7(6(2)10)14-8(11,12)13/h3-4H,1H2,2H3/b4-3-,7-6-. The topological polar surface area (TPSA) is 9.23 Å². The van der Waals surface area contributed by atoms with Gasteiger partial charge in [0.05, 0.1) is 0 Å². The molecule has 0 rings (SSSR count). The SMILES string of the molecule is C=C(Br)/C=C\C(OC(F)(F)F)=C(/C)F. The van der Waals surface area contributed by atoms with Crippen molar-refractivity contribution in [3.05, 3.63) is 34.8 Å². The van der Waals surface area contributed by atoms with Crippen LogP contribution in [0, 0.1) is 0 Å². The molecule has 0 unspecified atom stereocenters. The summed E-state index contributed by atoms with van der Waals surface area (Å²) < 4.78 is 51.3. The van der Waals surface area contributed by atoms with Crippen LogP contribution in [0.1, 0.15) is 6.92 Å². The molecule has 0 saturated heterocycles. The van der Waals surface area contributed by atoms with Gasteiger partial charge in [0.2, 0.25) is 0 Å². The van der Waals surface area contributed by atoms with E-state index in [2.05, 4.69) is 27.2 Å². The number of allylic oxidation sites excluding steroid dienone is 4. The third-order valence-corrected chi connectivity index (χ3v) is 1.25. The molecule has 0 spiro atoms. The molecule has 0 aromatic rings. The molecule has 0 bridgehead atoms. The highest BCUT2D eigenvalue weighted by atomic mass is 79.9. The van der Waals surface area contributed by atoms with Crippen LogP contribution in [0.5, 0.6) is 0 Å². The molecule has 0 saturated carbocycles. The molecule has 0 aliphatic carbocycles. The highest BCUT2D eigenvalue weighted by Gasteiger charge is 2.32. The molecule has 0 heterocycles. The largest absolute Gasteiger partial charge is 0.573 e. The van der Waals surface area contributed by atoms with E-state index in [1.807, 2.05) is 0 Å². The summed E-state index contributed by atoms with van der Waals surface area (Å²) >= 11 is 2.87. The Kier molecular flexibility index (Phi) is 4.90. The molecular weight excluding hydrogens is 268 g/mol. The van der Waals surface area contributed by atoms with E-state index in [4.69, 9.17) is 0 Å². The summed E-state index contributed by atoms with van der Waals surface area (Å²) in [5, 5.41) is 0. The first-order valence-electron chi connectivity index (χ1n) is 3.37. The Labute approximate surface area is 86.9 Å². The zero-order valence-corrected chi connectivity index (χ0v) is 8.75. The lowest BCUT2D eigenvalue weighted by atomic mass is 10.4. The molecule has 80 valence electrons. The Hall–Kier alpha value is -0.780. The monoisotopic (exact) mass is 274 g/mol. The maximum Gasteiger partial charge on any atom is 0.573 e. The van der Waals surface area contributed by atoms with Crippen molar-refractivity contribution in [1.82, 2.24) is 0 Å². The van der Waals surface area contributed by atoms with Crippen LogP contribution >= 0.6 is 15.9 Å². The van der Waals surface area contributed by atoms with Crippen LogP contribution < -0.4 is 0 Å². The van der Waals surface area contributed by atoms with Gasteiger partial charge >= 0.3 is 6.36 Å². The van der Waals surface area contributed by atoms with Crippen LogP contribution in [0.2, 0.25) is 0 Å². The third kappa shape index (κ3) is 6.71. The van der Waals surface area contributed by atoms with Gasteiger partial charge in [0.15, 0.2) is 5.76 Å². The molecular formula is C8H7BrF4O. The number of alkyl halides is 3. The fourth-order valence-corrected chi connectivity index (χ4v) is 0.642. The Morgan fingerprint density at radius 3 is 2.14 bits per heavy atom. The maximum absolute atomic E-state index is 12.5. The average Bonchev–Trinajstić information content (AvgIpc) is 1.94. The lowest BCUT2D eigenvalue weighted by molar-refractivity contribution is -0.304. The molecule has 0 atom stereocenters. The van der Waals surface area contributed by atoms with E-state index in [9.17, 15) is 17.6 Å². The van der Waals surface area contributed by atoms with Crippen LogP contribution in [0.15, 0.2) is 34.8 Å². The average molecular weight is 275 g/mol. The Morgan fingerprint density at radius 1 is 1.36 bits per heavy atom. The van der Waals surface area contributed by atoms with Gasteiger partial charge in [-0.25, -0.2) is 4.39 Å². The van der Waals surface area contributed by atoms with Crippen molar-refractivity contribution in [3.8, 4) is 0 Å². The van der Waals surface area contributed by atoms with Crippen LogP contribution in [0.4, 0.5) is 17.6 Å². The number of halogens is 5. The van der Waals surface area contributed by atoms with E-state index in [1.165, 1.54) is 0 Å². The van der Waals surface area contributed by atoms with Crippen molar-refractivity contribution in [3.63, 3.8) is 0 Å². The van der Waals surface area contributed by atoms with Crippen LogP contribution in [0.3, 0.4) is 0 Å². The predicted molar refractivity (Wildman–Crippen MR) is 48.2 cm³/mol. The number of ether oxygens (including phenoxy) is 1. The second-order valence-electron chi connectivity index (χ2n) is 2.23. The molecule has 0 fully saturated rings. The van der Waals surface area contributed by atoms with Gasteiger partial charge in [-0.2, -0.15) is 0 Å². The molecule has 0 amide bonds. The van der Waals surface area contributed by atoms with E-state index in [0.717, 1.165) is 19.1 Å². The highest BCUT2D eigenvalue weighted by Crippen LogP contribution is 2.24. The Morgan fingerprint density at radius 2 is 1.86 bits per heavy atom. The molecule has 0 aliphatic rings. The summed E-state index contributed by atoms with van der Waals surface area (Å²) in [5.41, 5.74) is 0. The normalized spacial score (nSPS) is 14.1. The first kappa shape index (κ1) is 13.2. The fraction of sp³-hybridized carbons (Fsp3) is 0.250. The van der Waals surface area contributed by atoms with E-state index in [-0.39, 0.29) is 0 Å². The molecule has 0 aromatic carbocycles. The molecule has 0 N–H and O–H groups in total. The van der Waals surface area contributed by atoms with E-state index in [0.29, 0.717) is 4.48 Å². The van der Waals surface area contributed by atoms with Crippen molar-refractivity contribution >= 4 is 15.9 Å². The second kappa shape index (κ2) is 5.19. The molecule has 0 radical (unpaired) electrons. The van der Waals surface area contributed by atoms with Gasteiger partial charge in [-0.1, -0.05) is 22.5 Å². The summed E-state index contributed by atoms with van der Waals surface area (Å²) in [6, 6.07) is 0. The van der Waals surface area contributed by atoms with Crippen molar-refractivity contribution < 1.29 is 22.3 Å². The third-order valence-electron chi connectivity index (χ3n) is 0.981. The summed E-state index contributed by atoms with van der Waals surface area (Å²) in [6.07, 6.45) is -2.93. The number of rotatable bonds is 3. The quantitative estimate of drug-likeness (QED) is 0.426. The van der Waals surface area contributed by atoms with Gasteiger partial charge < -0.3 is 4.74 Å². The predicted octanol–water partition coefficient (Wildman–Crippen LogP) is 4.19. The van der Waals surface area contributed by atoms with Crippen molar-refractivity contribution in [1.29, 1.82) is 0 Å². The van der Waals surface area contributed by atoms with Crippen molar-refractivity contribution in [2.45, 2.75) is 13.3 Å². The summed E-state index contributed by atoms with van der Waals surface area (Å²) in [5.74, 6) is -1.95. The lowest BCUT2D eigenvalue weighted by Gasteiger charge is -2.09. The molecule has 0 aromatic heterocycles. The van der Waals surface area contributed by atoms with Gasteiger partial charge in [0.25, 0.3) is 0 Å². The Bertz CT molecular complexity index is 274. The fourth-order valence-electron chi connectivity index (χ4n) is 0.510. The number of hydrogen-bond donors (Lipinski definition) is 0. The molecule has 6 heteroatoms. The first-order valence-corrected chi connectivity index (χ1v) is 4.16. The van der Waals surface area contributed by atoms with E-state index >= 15 is 0 Å². The summed E-state index contributed by atoms with van der Waals surface area (Å²) in [7, 11) is 0. The van der Waals surface area contributed by atoms with Crippen LogP contribution in [-0.4, -0.2) is 6.36 Å². The summed E-state index contributed by atoms with van der Waals surface area (Å²) in [6.45, 7) is 4.19. The van der Waals surface area contributed by atoms with Gasteiger partial charge in [-0.3, -0.25) is 0 Å². The zero-order chi connectivity index (χ0) is 11.4. The highest BCUT2D eigenvalue weighted by molar-refractivity contribution is 9.11. The van der Waals surface area contributed by atoms with E-state index in [1.54, 1.807) is 0 Å². The van der Waals surface area contributed by atoms with Gasteiger partial charge in [-0.15, -0.1) is 13.2 Å². The van der Waals surface area contributed by atoms with Crippen LogP contribution in [0.25, 0.3) is 0 Å². The Balaban J connectivity index is 4.67. The molecule has 0 aliphatic heterocycles. The molecule has 1 nitrogen and oxygen atoms in total. The zero-order valence-electron chi connectivity index (χ0n) is 7.16. The van der Waals surface area contributed by atoms with Crippen LogP contribution in [-0.2, 0) is 4.74 Å². The van der Waals surface area contributed by atoms with E-state index < -0.39 is 17.9 Å². The summed E-state index contributed by atoms with van der Waals surface area (Å²) in [4.78, 5) is 0. The minimum Gasteiger partial charge on any atom is -0.403 e. The van der Waals surface area contributed by atoms with Gasteiger partial charge in [0, 0.05) is 4.48 Å². The second-order valence-corrected chi connectivity index (χ2v) is 3.24.